The average molecular weight is 295 g/mol. The van der Waals surface area contributed by atoms with Crippen molar-refractivity contribution in [1.29, 1.82) is 0 Å². The first kappa shape index (κ1) is 14.3. The third kappa shape index (κ3) is 3.27. The molecule has 0 bridgehead atoms. The molecule has 0 spiro atoms. The number of esters is 1. The smallest absolute Gasteiger partial charge is 0.363 e. The highest BCUT2D eigenvalue weighted by Crippen LogP contribution is 2.14. The van der Waals surface area contributed by atoms with Crippen LogP contribution in [0.3, 0.4) is 0 Å². The summed E-state index contributed by atoms with van der Waals surface area (Å²) >= 11 is 5.82. The molecule has 0 amide bonds. The van der Waals surface area contributed by atoms with Crippen LogP contribution in [-0.4, -0.2) is 27.1 Å². The number of hydrogen-bond acceptors (Lipinski definition) is 5. The Bertz CT molecular complexity index is 607. The van der Waals surface area contributed by atoms with Crippen molar-refractivity contribution in [2.24, 2.45) is 0 Å². The van der Waals surface area contributed by atoms with Crippen LogP contribution in [0.5, 0.6) is 0 Å². The quantitative estimate of drug-likeness (QED) is 0.873. The fourth-order valence-electron chi connectivity index (χ4n) is 1.62. The molecule has 0 aliphatic carbocycles. The van der Waals surface area contributed by atoms with Crippen molar-refractivity contribution in [3.63, 3.8) is 0 Å². The second-order valence-electron chi connectivity index (χ2n) is 4.56. The Morgan fingerprint density at radius 3 is 2.65 bits per heavy atom. The number of nitrogens with zero attached hydrogens (tertiary/aromatic N) is 3. The van der Waals surface area contributed by atoms with Crippen molar-refractivity contribution in [2.75, 3.05) is 5.73 Å². The minimum atomic E-state index is -0.570. The number of halogens is 1. The van der Waals surface area contributed by atoms with Gasteiger partial charge in [0.1, 0.15) is 0 Å². The van der Waals surface area contributed by atoms with Crippen molar-refractivity contribution >= 4 is 23.4 Å². The number of carbonyl (C=O) groups excluding carboxylic acids is 1. The molecule has 6 nitrogen and oxygen atoms in total. The van der Waals surface area contributed by atoms with E-state index < -0.39 is 5.97 Å². The molecule has 2 N–H and O–H groups in total. The Morgan fingerprint density at radius 2 is 2.05 bits per heavy atom. The van der Waals surface area contributed by atoms with Crippen LogP contribution in [0.25, 0.3) is 0 Å². The van der Waals surface area contributed by atoms with E-state index in [1.165, 1.54) is 4.68 Å². The van der Waals surface area contributed by atoms with Gasteiger partial charge in [0.05, 0.1) is 12.6 Å². The normalized spacial score (nSPS) is 10.8. The number of benzene rings is 1. The first-order valence-electron chi connectivity index (χ1n) is 6.11. The van der Waals surface area contributed by atoms with Gasteiger partial charge in [-0.3, -0.25) is 0 Å². The molecule has 1 aromatic heterocycles. The number of ether oxygens (including phenoxy) is 1. The molecule has 0 aliphatic rings. The van der Waals surface area contributed by atoms with Gasteiger partial charge >= 0.3 is 5.97 Å². The predicted octanol–water partition coefficient (Wildman–Crippen LogP) is 2.13. The number of carbonyl (C=O) groups is 1. The molecule has 2 rings (SSSR count). The summed E-state index contributed by atoms with van der Waals surface area (Å²) in [5.74, 6) is -0.384. The molecule has 0 atom stereocenters. The third-order valence-corrected chi connectivity index (χ3v) is 2.81. The van der Waals surface area contributed by atoms with Crippen molar-refractivity contribution in [3.05, 3.63) is 40.5 Å². The van der Waals surface area contributed by atoms with Gasteiger partial charge in [-0.2, -0.15) is 0 Å². The highest BCUT2D eigenvalue weighted by molar-refractivity contribution is 6.30. The predicted molar refractivity (Wildman–Crippen MR) is 75.5 cm³/mol. The number of hydrogen-bond donors (Lipinski definition) is 1. The van der Waals surface area contributed by atoms with Crippen LogP contribution in [-0.2, 0) is 11.3 Å². The zero-order valence-corrected chi connectivity index (χ0v) is 12.0. The number of aromatic nitrogens is 3. The van der Waals surface area contributed by atoms with Gasteiger partial charge < -0.3 is 10.5 Å². The van der Waals surface area contributed by atoms with E-state index in [-0.39, 0.29) is 17.6 Å². The zero-order valence-electron chi connectivity index (χ0n) is 11.2. The van der Waals surface area contributed by atoms with Gasteiger partial charge in [0.15, 0.2) is 5.82 Å². The summed E-state index contributed by atoms with van der Waals surface area (Å²) in [4.78, 5) is 11.8. The van der Waals surface area contributed by atoms with Gasteiger partial charge in [-0.1, -0.05) is 28.9 Å². The minimum absolute atomic E-state index is 0.0349. The highest BCUT2D eigenvalue weighted by Gasteiger charge is 2.19. The lowest BCUT2D eigenvalue weighted by atomic mass is 10.2. The Morgan fingerprint density at radius 1 is 1.40 bits per heavy atom. The standard InChI is InChI=1S/C13H15ClN4O2/c1-8(2)20-13(19)11-12(15)18(17-16-11)7-9-3-5-10(14)6-4-9/h3-6,8H,7,15H2,1-2H3. The van der Waals surface area contributed by atoms with Crippen LogP contribution in [0.15, 0.2) is 24.3 Å². The largest absolute Gasteiger partial charge is 0.458 e. The first-order valence-corrected chi connectivity index (χ1v) is 6.49. The molecule has 0 unspecified atom stereocenters. The third-order valence-electron chi connectivity index (χ3n) is 2.56. The van der Waals surface area contributed by atoms with Gasteiger partial charge in [-0.05, 0) is 31.5 Å². The van der Waals surface area contributed by atoms with E-state index in [0.29, 0.717) is 11.6 Å². The molecule has 2 aromatic rings. The summed E-state index contributed by atoms with van der Waals surface area (Å²) in [6.45, 7) is 3.92. The van der Waals surface area contributed by atoms with Crippen molar-refractivity contribution in [2.45, 2.75) is 26.5 Å². The topological polar surface area (TPSA) is 83.0 Å². The molecule has 1 heterocycles. The molecule has 7 heteroatoms. The monoisotopic (exact) mass is 294 g/mol. The Hall–Kier alpha value is -2.08. The molecule has 0 saturated heterocycles. The van der Waals surface area contributed by atoms with Gasteiger partial charge in [-0.15, -0.1) is 5.10 Å². The Labute approximate surface area is 121 Å². The van der Waals surface area contributed by atoms with Crippen LogP contribution in [0, 0.1) is 0 Å². The molecule has 20 heavy (non-hydrogen) atoms. The summed E-state index contributed by atoms with van der Waals surface area (Å²) in [6.07, 6.45) is -0.233. The lowest BCUT2D eigenvalue weighted by Gasteiger charge is -2.06. The van der Waals surface area contributed by atoms with Gasteiger partial charge in [0, 0.05) is 5.02 Å². The maximum absolute atomic E-state index is 11.8. The van der Waals surface area contributed by atoms with Crippen LogP contribution < -0.4 is 5.73 Å². The number of nitrogens with two attached hydrogens (primary N) is 1. The molecular weight excluding hydrogens is 280 g/mol. The Balaban J connectivity index is 2.16. The second kappa shape index (κ2) is 5.92. The zero-order chi connectivity index (χ0) is 14.7. The number of anilines is 1. The maximum atomic E-state index is 11.8. The van der Waals surface area contributed by atoms with Crippen molar-refractivity contribution in [3.8, 4) is 0 Å². The fourth-order valence-corrected chi connectivity index (χ4v) is 1.74. The van der Waals surface area contributed by atoms with Gasteiger partial charge in [0.25, 0.3) is 0 Å². The van der Waals surface area contributed by atoms with E-state index in [1.807, 2.05) is 12.1 Å². The summed E-state index contributed by atoms with van der Waals surface area (Å²) in [5.41, 5.74) is 6.86. The van der Waals surface area contributed by atoms with Crippen LogP contribution in [0.4, 0.5) is 5.82 Å². The van der Waals surface area contributed by atoms with Crippen molar-refractivity contribution in [1.82, 2.24) is 15.0 Å². The van der Waals surface area contributed by atoms with E-state index in [2.05, 4.69) is 10.3 Å². The van der Waals surface area contributed by atoms with Crippen LogP contribution in [0.1, 0.15) is 29.9 Å². The molecule has 1 aromatic carbocycles. The van der Waals surface area contributed by atoms with E-state index in [0.717, 1.165) is 5.56 Å². The Kier molecular flexibility index (Phi) is 4.24. The maximum Gasteiger partial charge on any atom is 0.363 e. The van der Waals surface area contributed by atoms with Crippen molar-refractivity contribution < 1.29 is 9.53 Å². The SMILES string of the molecule is CC(C)OC(=O)c1nnn(Cc2ccc(Cl)cc2)c1N. The second-order valence-corrected chi connectivity index (χ2v) is 5.00. The van der Waals surface area contributed by atoms with E-state index in [1.54, 1.807) is 26.0 Å². The van der Waals surface area contributed by atoms with Crippen LogP contribution >= 0.6 is 11.6 Å². The van der Waals surface area contributed by atoms with Gasteiger partial charge in [-0.25, -0.2) is 9.48 Å². The molecular formula is C13H15ClN4O2. The van der Waals surface area contributed by atoms with E-state index in [9.17, 15) is 4.79 Å². The fraction of sp³-hybridized carbons (Fsp3) is 0.308. The molecule has 0 aliphatic heterocycles. The number of rotatable bonds is 4. The van der Waals surface area contributed by atoms with Crippen LogP contribution in [0.2, 0.25) is 5.02 Å². The number of nitrogen functional groups attached to an aromatic ring is 1. The lowest BCUT2D eigenvalue weighted by Crippen LogP contribution is -2.14. The first-order chi connectivity index (χ1) is 9.47. The molecule has 106 valence electrons. The summed E-state index contributed by atoms with van der Waals surface area (Å²) in [7, 11) is 0. The molecule has 0 fully saturated rings. The minimum Gasteiger partial charge on any atom is -0.458 e. The van der Waals surface area contributed by atoms with E-state index >= 15 is 0 Å². The summed E-state index contributed by atoms with van der Waals surface area (Å²) in [5, 5.41) is 8.29. The molecule has 0 saturated carbocycles. The summed E-state index contributed by atoms with van der Waals surface area (Å²) < 4.78 is 6.49. The average Bonchev–Trinajstić information content (AvgIpc) is 2.73. The lowest BCUT2D eigenvalue weighted by molar-refractivity contribution is 0.0372. The summed E-state index contributed by atoms with van der Waals surface area (Å²) in [6, 6.07) is 7.26. The van der Waals surface area contributed by atoms with Gasteiger partial charge in [0.2, 0.25) is 5.69 Å². The molecule has 0 radical (unpaired) electrons. The van der Waals surface area contributed by atoms with E-state index in [4.69, 9.17) is 22.1 Å². The highest BCUT2D eigenvalue weighted by atomic mass is 35.5.